The fraction of sp³-hybridized carbons (Fsp3) is 0.692. The normalized spacial score (nSPS) is 16.6. The number of carbonyl (C=O) groups excluding carboxylic acids is 1. The first-order valence-corrected chi connectivity index (χ1v) is 7.27. The van der Waals surface area contributed by atoms with Gasteiger partial charge in [0.2, 0.25) is 5.91 Å². The van der Waals surface area contributed by atoms with Gasteiger partial charge in [0.05, 0.1) is 17.1 Å². The lowest BCUT2D eigenvalue weighted by atomic mass is 10.2. The Kier molecular flexibility index (Phi) is 4.15. The second kappa shape index (κ2) is 5.63. The van der Waals surface area contributed by atoms with Crippen molar-refractivity contribution < 1.29 is 4.79 Å². The van der Waals surface area contributed by atoms with E-state index in [4.69, 9.17) is 0 Å². The maximum absolute atomic E-state index is 11.8. The Morgan fingerprint density at radius 2 is 2.24 bits per heavy atom. The van der Waals surface area contributed by atoms with E-state index >= 15 is 0 Å². The van der Waals surface area contributed by atoms with E-state index in [0.29, 0.717) is 18.4 Å². The average Bonchev–Trinajstić information content (AvgIpc) is 2.88. The van der Waals surface area contributed by atoms with E-state index in [0.717, 1.165) is 23.5 Å². The number of nitrogens with one attached hydrogen (secondary N) is 1. The first-order chi connectivity index (χ1) is 8.15. The molecule has 1 heterocycles. The van der Waals surface area contributed by atoms with Gasteiger partial charge in [0.15, 0.2) is 0 Å². The van der Waals surface area contributed by atoms with E-state index in [9.17, 15) is 4.79 Å². The lowest BCUT2D eigenvalue weighted by Gasteiger charge is -2.10. The summed E-state index contributed by atoms with van der Waals surface area (Å²) in [4.78, 5) is 16.3. The van der Waals surface area contributed by atoms with Gasteiger partial charge in [0.1, 0.15) is 0 Å². The molecule has 1 aliphatic carbocycles. The van der Waals surface area contributed by atoms with Gasteiger partial charge in [-0.05, 0) is 12.8 Å². The molecule has 0 radical (unpaired) electrons. The van der Waals surface area contributed by atoms with Crippen LogP contribution in [0.5, 0.6) is 0 Å². The molecule has 1 aromatic rings. The summed E-state index contributed by atoms with van der Waals surface area (Å²) in [6.45, 7) is 4.25. The molecular weight excluding hydrogens is 232 g/mol. The zero-order valence-corrected chi connectivity index (χ0v) is 11.3. The molecule has 0 unspecified atom stereocenters. The van der Waals surface area contributed by atoms with Crippen molar-refractivity contribution in [3.05, 3.63) is 16.1 Å². The molecule has 0 spiro atoms. The molecule has 1 aliphatic rings. The van der Waals surface area contributed by atoms with Crippen molar-refractivity contribution in [3.8, 4) is 0 Å². The Labute approximate surface area is 107 Å². The lowest BCUT2D eigenvalue weighted by Crippen LogP contribution is -2.33. The molecule has 1 saturated carbocycles. The highest BCUT2D eigenvalue weighted by molar-refractivity contribution is 7.09. The van der Waals surface area contributed by atoms with Gasteiger partial charge in [0.25, 0.3) is 0 Å². The molecule has 1 fully saturated rings. The van der Waals surface area contributed by atoms with E-state index in [-0.39, 0.29) is 5.91 Å². The van der Waals surface area contributed by atoms with Crippen LogP contribution in [-0.2, 0) is 11.2 Å². The van der Waals surface area contributed by atoms with Crippen LogP contribution < -0.4 is 5.32 Å². The average molecular weight is 252 g/mol. The second-order valence-corrected chi connectivity index (χ2v) is 5.95. The summed E-state index contributed by atoms with van der Waals surface area (Å²) in [5.41, 5.74) is 0.911. The predicted octanol–water partition coefficient (Wildman–Crippen LogP) is 2.87. The maximum atomic E-state index is 11.8. The lowest BCUT2D eigenvalue weighted by molar-refractivity contribution is -0.121. The number of amides is 1. The molecular formula is C13H20N2OS. The van der Waals surface area contributed by atoms with Crippen LogP contribution >= 0.6 is 11.3 Å². The first kappa shape index (κ1) is 12.6. The summed E-state index contributed by atoms with van der Waals surface area (Å²) >= 11 is 1.65. The molecule has 0 aliphatic heterocycles. The summed E-state index contributed by atoms with van der Waals surface area (Å²) in [5, 5.41) is 6.21. The van der Waals surface area contributed by atoms with E-state index in [1.807, 2.05) is 5.38 Å². The summed E-state index contributed by atoms with van der Waals surface area (Å²) in [7, 11) is 0. The molecule has 1 amide bonds. The fourth-order valence-corrected chi connectivity index (χ4v) is 3.02. The van der Waals surface area contributed by atoms with Crippen LogP contribution in [0.3, 0.4) is 0 Å². The van der Waals surface area contributed by atoms with Crippen LogP contribution in [-0.4, -0.2) is 16.9 Å². The molecule has 94 valence electrons. The highest BCUT2D eigenvalue weighted by atomic mass is 32.1. The number of thiazole rings is 1. The van der Waals surface area contributed by atoms with Crippen molar-refractivity contribution in [1.29, 1.82) is 0 Å². The van der Waals surface area contributed by atoms with Crippen molar-refractivity contribution in [3.63, 3.8) is 0 Å². The predicted molar refractivity (Wildman–Crippen MR) is 70.3 cm³/mol. The van der Waals surface area contributed by atoms with Crippen LogP contribution in [0.1, 0.15) is 56.2 Å². The van der Waals surface area contributed by atoms with Crippen molar-refractivity contribution in [1.82, 2.24) is 10.3 Å². The van der Waals surface area contributed by atoms with E-state index < -0.39 is 0 Å². The van der Waals surface area contributed by atoms with Gasteiger partial charge in [-0.1, -0.05) is 26.7 Å². The van der Waals surface area contributed by atoms with Gasteiger partial charge in [-0.2, -0.15) is 0 Å². The number of hydrogen-bond acceptors (Lipinski definition) is 3. The summed E-state index contributed by atoms with van der Waals surface area (Å²) < 4.78 is 0. The van der Waals surface area contributed by atoms with Crippen LogP contribution in [0, 0.1) is 0 Å². The highest BCUT2D eigenvalue weighted by Crippen LogP contribution is 2.20. The Hall–Kier alpha value is -0.900. The highest BCUT2D eigenvalue weighted by Gasteiger charge is 2.17. The van der Waals surface area contributed by atoms with Crippen molar-refractivity contribution in [2.45, 2.75) is 57.9 Å². The Bertz CT molecular complexity index is 381. The molecule has 4 heteroatoms. The van der Waals surface area contributed by atoms with E-state index in [1.165, 1.54) is 12.8 Å². The number of carbonyl (C=O) groups is 1. The molecule has 0 saturated heterocycles. The van der Waals surface area contributed by atoms with Crippen molar-refractivity contribution in [2.24, 2.45) is 0 Å². The quantitative estimate of drug-likeness (QED) is 0.895. The van der Waals surface area contributed by atoms with Gasteiger partial charge in [-0.25, -0.2) is 4.98 Å². The molecule has 1 N–H and O–H groups in total. The van der Waals surface area contributed by atoms with Crippen LogP contribution in [0.15, 0.2) is 5.38 Å². The van der Waals surface area contributed by atoms with Gasteiger partial charge in [-0.3, -0.25) is 4.79 Å². The molecule has 1 aromatic heterocycles. The Morgan fingerprint density at radius 1 is 1.53 bits per heavy atom. The third-order valence-electron chi connectivity index (χ3n) is 3.13. The minimum atomic E-state index is 0.123. The minimum Gasteiger partial charge on any atom is -0.353 e. The third kappa shape index (κ3) is 3.53. The van der Waals surface area contributed by atoms with E-state index in [2.05, 4.69) is 24.1 Å². The zero-order chi connectivity index (χ0) is 12.3. The van der Waals surface area contributed by atoms with Crippen molar-refractivity contribution >= 4 is 17.2 Å². The number of aromatic nitrogens is 1. The molecule has 3 nitrogen and oxygen atoms in total. The van der Waals surface area contributed by atoms with Gasteiger partial charge in [0, 0.05) is 17.3 Å². The standard InChI is InChI=1S/C13H20N2OS/c1-9(2)13-15-11(8-17-13)7-12(16)14-10-5-3-4-6-10/h8-10H,3-7H2,1-2H3,(H,14,16). The van der Waals surface area contributed by atoms with Gasteiger partial charge >= 0.3 is 0 Å². The minimum absolute atomic E-state index is 0.123. The van der Waals surface area contributed by atoms with Crippen LogP contribution in [0.25, 0.3) is 0 Å². The van der Waals surface area contributed by atoms with Gasteiger partial charge < -0.3 is 5.32 Å². The maximum Gasteiger partial charge on any atom is 0.226 e. The van der Waals surface area contributed by atoms with Crippen molar-refractivity contribution in [2.75, 3.05) is 0 Å². The van der Waals surface area contributed by atoms with Crippen LogP contribution in [0.2, 0.25) is 0 Å². The fourth-order valence-electron chi connectivity index (χ4n) is 2.18. The number of nitrogens with zero attached hydrogens (tertiary/aromatic N) is 1. The Balaban J connectivity index is 1.84. The summed E-state index contributed by atoms with van der Waals surface area (Å²) in [6, 6.07) is 0.408. The smallest absolute Gasteiger partial charge is 0.226 e. The number of rotatable bonds is 4. The third-order valence-corrected chi connectivity index (χ3v) is 4.32. The zero-order valence-electron chi connectivity index (χ0n) is 10.5. The monoisotopic (exact) mass is 252 g/mol. The molecule has 17 heavy (non-hydrogen) atoms. The molecule has 0 aromatic carbocycles. The largest absolute Gasteiger partial charge is 0.353 e. The topological polar surface area (TPSA) is 42.0 Å². The number of hydrogen-bond donors (Lipinski definition) is 1. The summed E-state index contributed by atoms with van der Waals surface area (Å²) in [5.74, 6) is 0.573. The molecule has 2 rings (SSSR count). The second-order valence-electron chi connectivity index (χ2n) is 5.06. The van der Waals surface area contributed by atoms with Crippen LogP contribution in [0.4, 0.5) is 0 Å². The SMILES string of the molecule is CC(C)c1nc(CC(=O)NC2CCCC2)cs1. The Morgan fingerprint density at radius 3 is 2.82 bits per heavy atom. The summed E-state index contributed by atoms with van der Waals surface area (Å²) in [6.07, 6.45) is 5.21. The molecule has 0 atom stereocenters. The van der Waals surface area contributed by atoms with E-state index in [1.54, 1.807) is 11.3 Å². The molecule has 0 bridgehead atoms. The van der Waals surface area contributed by atoms with Gasteiger partial charge in [-0.15, -0.1) is 11.3 Å². The first-order valence-electron chi connectivity index (χ1n) is 6.39.